The second kappa shape index (κ2) is 4.17. The zero-order valence-electron chi connectivity index (χ0n) is 10.5. The third-order valence-electron chi connectivity index (χ3n) is 3.72. The quantitative estimate of drug-likeness (QED) is 0.757. The maximum absolute atomic E-state index is 9.90. The van der Waals surface area contributed by atoms with E-state index in [1.165, 1.54) is 29.9 Å². The molecule has 7 heteroatoms. The van der Waals surface area contributed by atoms with Gasteiger partial charge in [0.05, 0.1) is 5.56 Å². The first-order valence-corrected chi connectivity index (χ1v) is 7.29. The number of benzene rings is 1. The van der Waals surface area contributed by atoms with E-state index in [2.05, 4.69) is 15.3 Å². The van der Waals surface area contributed by atoms with Gasteiger partial charge in [0.1, 0.15) is 11.5 Å². The summed E-state index contributed by atoms with van der Waals surface area (Å²) in [5.74, 6) is 1.34. The normalized spacial score (nSPS) is 15.6. The van der Waals surface area contributed by atoms with Crippen LogP contribution in [0.15, 0.2) is 18.2 Å². The van der Waals surface area contributed by atoms with Gasteiger partial charge in [0.25, 0.3) is 0 Å². The molecule has 2 aromatic heterocycles. The van der Waals surface area contributed by atoms with Crippen LogP contribution >= 0.6 is 11.3 Å². The van der Waals surface area contributed by atoms with Crippen molar-refractivity contribution in [1.29, 1.82) is 0 Å². The number of hydrogen-bond donors (Lipinski definition) is 2. The van der Waals surface area contributed by atoms with Crippen LogP contribution in [-0.4, -0.2) is 30.0 Å². The molecule has 6 nitrogen and oxygen atoms in total. The predicted molar refractivity (Wildman–Crippen MR) is 74.0 cm³/mol. The molecule has 0 amide bonds. The smallest absolute Gasteiger partial charge is 0.234 e. The van der Waals surface area contributed by atoms with E-state index in [1.54, 1.807) is 10.6 Å². The summed E-state index contributed by atoms with van der Waals surface area (Å²) < 4.78 is 1.73. The molecule has 0 spiro atoms. The molecule has 0 bridgehead atoms. The van der Waals surface area contributed by atoms with Crippen LogP contribution in [0, 0.1) is 0 Å². The van der Waals surface area contributed by atoms with Crippen molar-refractivity contribution in [1.82, 2.24) is 19.8 Å². The molecular formula is C13H12N4O2S. The predicted octanol–water partition coefficient (Wildman–Crippen LogP) is 2.53. The molecule has 2 heterocycles. The van der Waals surface area contributed by atoms with Crippen LogP contribution in [0.4, 0.5) is 0 Å². The van der Waals surface area contributed by atoms with Crippen molar-refractivity contribution >= 4 is 16.3 Å². The molecule has 20 heavy (non-hydrogen) atoms. The van der Waals surface area contributed by atoms with E-state index in [-0.39, 0.29) is 11.5 Å². The van der Waals surface area contributed by atoms with Gasteiger partial charge in [-0.05, 0) is 25.0 Å². The van der Waals surface area contributed by atoms with Crippen LogP contribution in [0.3, 0.4) is 0 Å². The Morgan fingerprint density at radius 2 is 1.90 bits per heavy atom. The zero-order valence-corrected chi connectivity index (χ0v) is 11.3. The van der Waals surface area contributed by atoms with E-state index in [4.69, 9.17) is 0 Å². The lowest BCUT2D eigenvalue weighted by molar-refractivity contribution is 0.395. The van der Waals surface area contributed by atoms with Gasteiger partial charge in [0.2, 0.25) is 4.96 Å². The summed E-state index contributed by atoms with van der Waals surface area (Å²) in [6.45, 7) is 0. The van der Waals surface area contributed by atoms with E-state index in [1.807, 2.05) is 0 Å². The summed E-state index contributed by atoms with van der Waals surface area (Å²) in [5.41, 5.74) is 0.350. The zero-order chi connectivity index (χ0) is 13.7. The molecule has 1 aliphatic rings. The fourth-order valence-corrected chi connectivity index (χ4v) is 3.31. The standard InChI is InChI=1S/C13H12N4O2S/c18-8-5-2-6-9(19)10(8)12-16-17-11(7-3-1-4-7)14-15-13(17)20-12/h2,5-7,18-19H,1,3-4H2. The van der Waals surface area contributed by atoms with Crippen LogP contribution < -0.4 is 0 Å². The Morgan fingerprint density at radius 1 is 1.15 bits per heavy atom. The van der Waals surface area contributed by atoms with Gasteiger partial charge in [-0.1, -0.05) is 23.8 Å². The van der Waals surface area contributed by atoms with Gasteiger partial charge in [-0.15, -0.1) is 10.2 Å². The Labute approximate surface area is 118 Å². The van der Waals surface area contributed by atoms with Crippen LogP contribution in [0.1, 0.15) is 31.0 Å². The molecule has 102 valence electrons. The van der Waals surface area contributed by atoms with Crippen molar-refractivity contribution in [3.63, 3.8) is 0 Å². The Morgan fingerprint density at radius 3 is 2.55 bits per heavy atom. The fourth-order valence-electron chi connectivity index (χ4n) is 2.40. The van der Waals surface area contributed by atoms with E-state index >= 15 is 0 Å². The molecule has 1 saturated carbocycles. The Hall–Kier alpha value is -2.15. The lowest BCUT2D eigenvalue weighted by atomic mass is 9.85. The van der Waals surface area contributed by atoms with Crippen molar-refractivity contribution in [2.24, 2.45) is 0 Å². The number of phenolic OH excluding ortho intramolecular Hbond substituents is 2. The molecule has 4 rings (SSSR count). The summed E-state index contributed by atoms with van der Waals surface area (Å²) in [6.07, 6.45) is 3.46. The Balaban J connectivity index is 1.87. The first-order chi connectivity index (χ1) is 9.74. The van der Waals surface area contributed by atoms with Gasteiger partial charge < -0.3 is 10.2 Å². The number of aromatic nitrogens is 4. The highest BCUT2D eigenvalue weighted by molar-refractivity contribution is 7.19. The van der Waals surface area contributed by atoms with Crippen molar-refractivity contribution in [2.45, 2.75) is 25.2 Å². The van der Waals surface area contributed by atoms with Crippen molar-refractivity contribution in [3.8, 4) is 22.1 Å². The third-order valence-corrected chi connectivity index (χ3v) is 4.64. The SMILES string of the molecule is Oc1cccc(O)c1-c1nn2c(C3CCC3)nnc2s1. The molecular weight excluding hydrogens is 276 g/mol. The summed E-state index contributed by atoms with van der Waals surface area (Å²) in [6, 6.07) is 4.66. The molecule has 0 unspecified atom stereocenters. The van der Waals surface area contributed by atoms with Gasteiger partial charge in [0, 0.05) is 5.92 Å². The molecule has 1 aliphatic carbocycles. The van der Waals surface area contributed by atoms with E-state index in [0.29, 0.717) is 21.4 Å². The van der Waals surface area contributed by atoms with Crippen molar-refractivity contribution in [3.05, 3.63) is 24.0 Å². The minimum absolute atomic E-state index is 0.0140. The minimum Gasteiger partial charge on any atom is -0.507 e. The van der Waals surface area contributed by atoms with Crippen LogP contribution in [0.2, 0.25) is 0 Å². The lowest BCUT2D eigenvalue weighted by Crippen LogP contribution is -2.12. The van der Waals surface area contributed by atoms with Gasteiger partial charge in [-0.3, -0.25) is 0 Å². The maximum Gasteiger partial charge on any atom is 0.234 e. The Kier molecular flexibility index (Phi) is 2.43. The molecule has 0 aliphatic heterocycles. The summed E-state index contributed by atoms with van der Waals surface area (Å²) in [4.78, 5) is 0.685. The molecule has 1 aromatic carbocycles. The highest BCUT2D eigenvalue weighted by atomic mass is 32.1. The largest absolute Gasteiger partial charge is 0.507 e. The molecule has 2 N–H and O–H groups in total. The maximum atomic E-state index is 9.90. The van der Waals surface area contributed by atoms with Crippen LogP contribution in [0.25, 0.3) is 15.5 Å². The van der Waals surface area contributed by atoms with Crippen LogP contribution in [-0.2, 0) is 0 Å². The van der Waals surface area contributed by atoms with E-state index in [0.717, 1.165) is 18.7 Å². The fraction of sp³-hybridized carbons (Fsp3) is 0.308. The van der Waals surface area contributed by atoms with Crippen LogP contribution in [0.5, 0.6) is 11.5 Å². The topological polar surface area (TPSA) is 83.5 Å². The van der Waals surface area contributed by atoms with Gasteiger partial charge in [-0.25, -0.2) is 0 Å². The second-order valence-corrected chi connectivity index (χ2v) is 5.91. The number of aromatic hydroxyl groups is 2. The van der Waals surface area contributed by atoms with E-state index in [9.17, 15) is 10.2 Å². The average Bonchev–Trinajstić information content (AvgIpc) is 2.89. The molecule has 1 fully saturated rings. The van der Waals surface area contributed by atoms with Gasteiger partial charge >= 0.3 is 0 Å². The molecule has 0 radical (unpaired) electrons. The summed E-state index contributed by atoms with van der Waals surface area (Å²) in [5, 5.41) is 33.1. The van der Waals surface area contributed by atoms with Crippen molar-refractivity contribution < 1.29 is 10.2 Å². The summed E-state index contributed by atoms with van der Waals surface area (Å²) >= 11 is 1.31. The minimum atomic E-state index is 0.0140. The summed E-state index contributed by atoms with van der Waals surface area (Å²) in [7, 11) is 0. The van der Waals surface area contributed by atoms with Gasteiger partial charge in [0.15, 0.2) is 10.8 Å². The van der Waals surface area contributed by atoms with E-state index < -0.39 is 0 Å². The van der Waals surface area contributed by atoms with Crippen molar-refractivity contribution in [2.75, 3.05) is 0 Å². The first-order valence-electron chi connectivity index (χ1n) is 6.47. The third kappa shape index (κ3) is 1.59. The lowest BCUT2D eigenvalue weighted by Gasteiger charge is -2.22. The van der Waals surface area contributed by atoms with Gasteiger partial charge in [-0.2, -0.15) is 9.61 Å². The highest BCUT2D eigenvalue weighted by Gasteiger charge is 2.27. The number of nitrogens with zero attached hydrogens (tertiary/aromatic N) is 4. The monoisotopic (exact) mass is 288 g/mol. The molecule has 0 saturated heterocycles. The highest BCUT2D eigenvalue weighted by Crippen LogP contribution is 2.40. The molecule has 0 atom stereocenters. The average molecular weight is 288 g/mol. The number of fused-ring (bicyclic) bond motifs is 1. The number of rotatable bonds is 2. The number of hydrogen-bond acceptors (Lipinski definition) is 6. The number of phenols is 2. The molecule has 3 aromatic rings. The second-order valence-electron chi connectivity index (χ2n) is 4.96. The Bertz CT molecular complexity index is 771. The first kappa shape index (κ1) is 11.7.